The van der Waals surface area contributed by atoms with Gasteiger partial charge in [-0.1, -0.05) is 24.3 Å². The molecular weight excluding hydrogens is 339 g/mol. The van der Waals surface area contributed by atoms with E-state index in [1.165, 1.54) is 18.2 Å². The normalized spacial score (nSPS) is 10.4. The molecular formula is C17H15FN6O2. The number of hydrogen-bond donors (Lipinski definition) is 2. The Hall–Kier alpha value is -3.75. The van der Waals surface area contributed by atoms with Crippen LogP contribution in [0.3, 0.4) is 0 Å². The molecule has 0 spiro atoms. The quantitative estimate of drug-likeness (QED) is 0.532. The maximum Gasteiger partial charge on any atom is 0.353 e. The Balaban J connectivity index is 2.06. The number of anilines is 5. The molecule has 0 saturated carbocycles. The summed E-state index contributed by atoms with van der Waals surface area (Å²) in [4.78, 5) is 20.6. The number of nitrogens with one attached hydrogen (secondary N) is 1. The highest BCUT2D eigenvalue weighted by atomic mass is 19.1. The van der Waals surface area contributed by atoms with Gasteiger partial charge in [-0.3, -0.25) is 10.1 Å². The van der Waals surface area contributed by atoms with Crippen LogP contribution in [0.25, 0.3) is 0 Å². The van der Waals surface area contributed by atoms with E-state index >= 15 is 0 Å². The van der Waals surface area contributed by atoms with E-state index in [2.05, 4.69) is 15.3 Å². The minimum absolute atomic E-state index is 0.120. The predicted octanol–water partition coefficient (Wildman–Crippen LogP) is 3.62. The molecule has 8 nitrogen and oxygen atoms in total. The molecule has 132 valence electrons. The molecule has 0 unspecified atom stereocenters. The van der Waals surface area contributed by atoms with Crippen molar-refractivity contribution in [3.8, 4) is 0 Å². The summed E-state index contributed by atoms with van der Waals surface area (Å²) in [5.74, 6) is -0.730. The van der Waals surface area contributed by atoms with E-state index in [0.29, 0.717) is 5.69 Å². The van der Waals surface area contributed by atoms with E-state index in [0.717, 1.165) is 5.69 Å². The molecule has 0 fully saturated rings. The van der Waals surface area contributed by atoms with Gasteiger partial charge in [0.05, 0.1) is 4.92 Å². The van der Waals surface area contributed by atoms with Gasteiger partial charge in [0.1, 0.15) is 5.82 Å². The van der Waals surface area contributed by atoms with Crippen LogP contribution in [0.5, 0.6) is 0 Å². The van der Waals surface area contributed by atoms with Gasteiger partial charge in [-0.2, -0.15) is 9.97 Å². The number of para-hydroxylation sites is 1. The van der Waals surface area contributed by atoms with Crippen molar-refractivity contribution in [2.24, 2.45) is 0 Å². The Morgan fingerprint density at radius 1 is 1.15 bits per heavy atom. The zero-order chi connectivity index (χ0) is 18.7. The summed E-state index contributed by atoms with van der Waals surface area (Å²) in [5, 5.41) is 14.1. The minimum Gasteiger partial charge on any atom is -0.378 e. The smallest absolute Gasteiger partial charge is 0.353 e. The van der Waals surface area contributed by atoms with Crippen molar-refractivity contribution in [1.29, 1.82) is 0 Å². The largest absolute Gasteiger partial charge is 0.378 e. The molecule has 0 atom stereocenters. The second-order valence-corrected chi connectivity index (χ2v) is 5.39. The SMILES string of the molecule is CN(c1ccccc1)c1nc(N)c([N+](=O)[O-])c(Nc2cccc(F)c2)n1. The first-order chi connectivity index (χ1) is 12.5. The maximum absolute atomic E-state index is 13.4. The fourth-order valence-electron chi connectivity index (χ4n) is 2.35. The van der Waals surface area contributed by atoms with Gasteiger partial charge in [0.2, 0.25) is 17.6 Å². The van der Waals surface area contributed by atoms with Gasteiger partial charge in [0.25, 0.3) is 0 Å². The summed E-state index contributed by atoms with van der Waals surface area (Å²) in [5.41, 5.74) is 6.40. The third kappa shape index (κ3) is 3.51. The molecule has 0 radical (unpaired) electrons. The van der Waals surface area contributed by atoms with Gasteiger partial charge in [0, 0.05) is 18.4 Å². The van der Waals surface area contributed by atoms with E-state index in [1.54, 1.807) is 18.0 Å². The fraction of sp³-hybridized carbons (Fsp3) is 0.0588. The number of hydrogen-bond acceptors (Lipinski definition) is 7. The summed E-state index contributed by atoms with van der Waals surface area (Å²) in [7, 11) is 1.71. The summed E-state index contributed by atoms with van der Waals surface area (Å²) in [6.45, 7) is 0. The van der Waals surface area contributed by atoms with Crippen LogP contribution in [-0.2, 0) is 0 Å². The van der Waals surface area contributed by atoms with Crippen LogP contribution in [0.4, 0.5) is 39.0 Å². The lowest BCUT2D eigenvalue weighted by atomic mass is 10.3. The highest BCUT2D eigenvalue weighted by molar-refractivity contribution is 5.75. The Labute approximate surface area is 148 Å². The third-order valence-corrected chi connectivity index (χ3v) is 3.61. The van der Waals surface area contributed by atoms with Crippen LogP contribution < -0.4 is 16.0 Å². The number of nitrogens with zero attached hydrogens (tertiary/aromatic N) is 4. The zero-order valence-corrected chi connectivity index (χ0v) is 13.8. The number of halogens is 1. The van der Waals surface area contributed by atoms with Gasteiger partial charge in [-0.05, 0) is 30.3 Å². The van der Waals surface area contributed by atoms with Crippen LogP contribution in [0.2, 0.25) is 0 Å². The first-order valence-electron chi connectivity index (χ1n) is 7.59. The molecule has 0 bridgehead atoms. The van der Waals surface area contributed by atoms with Gasteiger partial charge >= 0.3 is 5.69 Å². The first kappa shape index (κ1) is 17.1. The van der Waals surface area contributed by atoms with Crippen molar-refractivity contribution in [3.63, 3.8) is 0 Å². The molecule has 2 aromatic carbocycles. The van der Waals surface area contributed by atoms with Gasteiger partial charge < -0.3 is 16.0 Å². The fourth-order valence-corrected chi connectivity index (χ4v) is 2.35. The van der Waals surface area contributed by atoms with E-state index in [4.69, 9.17) is 5.73 Å². The Kier molecular flexibility index (Phi) is 4.61. The lowest BCUT2D eigenvalue weighted by Gasteiger charge is -2.18. The average molecular weight is 354 g/mol. The molecule has 0 amide bonds. The predicted molar refractivity (Wildman–Crippen MR) is 97.3 cm³/mol. The molecule has 3 rings (SSSR count). The second kappa shape index (κ2) is 7.01. The maximum atomic E-state index is 13.4. The Bertz CT molecular complexity index is 951. The van der Waals surface area contributed by atoms with Crippen LogP contribution in [-0.4, -0.2) is 21.9 Å². The van der Waals surface area contributed by atoms with Gasteiger partial charge in [-0.25, -0.2) is 4.39 Å². The number of nitrogens with two attached hydrogens (primary N) is 1. The van der Waals surface area contributed by atoms with E-state index in [-0.39, 0.29) is 17.6 Å². The van der Waals surface area contributed by atoms with Crippen molar-refractivity contribution in [2.75, 3.05) is 23.0 Å². The molecule has 0 aliphatic carbocycles. The van der Waals surface area contributed by atoms with Crippen molar-refractivity contribution in [2.45, 2.75) is 0 Å². The molecule has 3 aromatic rings. The second-order valence-electron chi connectivity index (χ2n) is 5.39. The number of nitrogen functional groups attached to an aromatic ring is 1. The van der Waals surface area contributed by atoms with Crippen molar-refractivity contribution >= 4 is 34.6 Å². The van der Waals surface area contributed by atoms with Crippen molar-refractivity contribution in [1.82, 2.24) is 9.97 Å². The Morgan fingerprint density at radius 2 is 1.88 bits per heavy atom. The number of nitro groups is 1. The molecule has 0 aliphatic rings. The highest BCUT2D eigenvalue weighted by Gasteiger charge is 2.24. The van der Waals surface area contributed by atoms with Crippen LogP contribution >= 0.6 is 0 Å². The first-order valence-corrected chi connectivity index (χ1v) is 7.59. The molecule has 1 heterocycles. The van der Waals surface area contributed by atoms with Crippen LogP contribution in [0, 0.1) is 15.9 Å². The van der Waals surface area contributed by atoms with E-state index < -0.39 is 16.4 Å². The molecule has 0 saturated heterocycles. The molecule has 1 aromatic heterocycles. The number of aromatic nitrogens is 2. The van der Waals surface area contributed by atoms with E-state index in [9.17, 15) is 14.5 Å². The van der Waals surface area contributed by atoms with Gasteiger partial charge in [0.15, 0.2) is 0 Å². The van der Waals surface area contributed by atoms with Crippen molar-refractivity contribution < 1.29 is 9.31 Å². The standard InChI is InChI=1S/C17H15FN6O2/c1-23(13-8-3-2-4-9-13)17-21-15(19)14(24(25)26)16(22-17)20-12-7-5-6-11(18)10-12/h2-10H,1H3,(H3,19,20,21,22). The molecule has 9 heteroatoms. The monoisotopic (exact) mass is 354 g/mol. The summed E-state index contributed by atoms with van der Waals surface area (Å²) in [6, 6.07) is 14.7. The molecule has 0 aliphatic heterocycles. The third-order valence-electron chi connectivity index (χ3n) is 3.61. The minimum atomic E-state index is -0.677. The lowest BCUT2D eigenvalue weighted by molar-refractivity contribution is -0.383. The Morgan fingerprint density at radius 3 is 2.54 bits per heavy atom. The van der Waals surface area contributed by atoms with Crippen LogP contribution in [0.15, 0.2) is 54.6 Å². The number of benzene rings is 2. The highest BCUT2D eigenvalue weighted by Crippen LogP contribution is 2.33. The van der Waals surface area contributed by atoms with Crippen molar-refractivity contribution in [3.05, 3.63) is 70.5 Å². The lowest BCUT2D eigenvalue weighted by Crippen LogP contribution is -2.16. The van der Waals surface area contributed by atoms with Crippen LogP contribution in [0.1, 0.15) is 0 Å². The summed E-state index contributed by atoms with van der Waals surface area (Å²) in [6.07, 6.45) is 0. The average Bonchev–Trinajstić information content (AvgIpc) is 2.61. The molecule has 26 heavy (non-hydrogen) atoms. The van der Waals surface area contributed by atoms with E-state index in [1.807, 2.05) is 30.3 Å². The molecule has 3 N–H and O–H groups in total. The summed E-state index contributed by atoms with van der Waals surface area (Å²) >= 11 is 0. The van der Waals surface area contributed by atoms with Gasteiger partial charge in [-0.15, -0.1) is 0 Å². The topological polar surface area (TPSA) is 110 Å². The summed E-state index contributed by atoms with van der Waals surface area (Å²) < 4.78 is 13.4. The number of rotatable bonds is 5. The zero-order valence-electron chi connectivity index (χ0n) is 13.8.